The molecule has 154 valence electrons. The predicted octanol–water partition coefficient (Wildman–Crippen LogP) is 2.60. The molecule has 1 heterocycles. The van der Waals surface area contributed by atoms with Gasteiger partial charge < -0.3 is 9.80 Å². The summed E-state index contributed by atoms with van der Waals surface area (Å²) in [5.74, 6) is -0.340. The van der Waals surface area contributed by atoms with Crippen molar-refractivity contribution in [2.75, 3.05) is 20.6 Å². The molecule has 0 saturated carbocycles. The van der Waals surface area contributed by atoms with Gasteiger partial charge in [0, 0.05) is 38.8 Å². The molecule has 0 radical (unpaired) electrons. The van der Waals surface area contributed by atoms with E-state index in [-0.39, 0.29) is 23.1 Å². The van der Waals surface area contributed by atoms with Crippen molar-refractivity contribution in [3.05, 3.63) is 93.9 Å². The standard InChI is InChI=1S/C23H24N4O3/c1-4-26(16-17-10-12-18(13-11-17)22(29)25(2)3)23(30)20-14-15-21(28)27(24-20)19-8-6-5-7-9-19/h5-15H,4,16H2,1-3H3. The van der Waals surface area contributed by atoms with Crippen molar-refractivity contribution in [2.45, 2.75) is 13.5 Å². The molecule has 0 aliphatic heterocycles. The van der Waals surface area contributed by atoms with Gasteiger partial charge in [-0.2, -0.15) is 9.78 Å². The molecule has 0 saturated heterocycles. The molecule has 30 heavy (non-hydrogen) atoms. The highest BCUT2D eigenvalue weighted by Gasteiger charge is 2.18. The Hall–Kier alpha value is -3.74. The fraction of sp³-hybridized carbons (Fsp3) is 0.217. The number of benzene rings is 2. The smallest absolute Gasteiger partial charge is 0.274 e. The van der Waals surface area contributed by atoms with Gasteiger partial charge in [-0.1, -0.05) is 30.3 Å². The molecule has 1 aromatic heterocycles. The monoisotopic (exact) mass is 404 g/mol. The molecular formula is C23H24N4O3. The van der Waals surface area contributed by atoms with E-state index in [4.69, 9.17) is 0 Å². The van der Waals surface area contributed by atoms with Gasteiger partial charge in [0.15, 0.2) is 0 Å². The molecule has 0 atom stereocenters. The van der Waals surface area contributed by atoms with Crippen LogP contribution in [-0.2, 0) is 6.54 Å². The van der Waals surface area contributed by atoms with Gasteiger partial charge in [0.25, 0.3) is 17.4 Å². The zero-order chi connectivity index (χ0) is 21.7. The van der Waals surface area contributed by atoms with Gasteiger partial charge in [-0.3, -0.25) is 14.4 Å². The summed E-state index contributed by atoms with van der Waals surface area (Å²) in [5.41, 5.74) is 1.98. The summed E-state index contributed by atoms with van der Waals surface area (Å²) in [6, 6.07) is 19.0. The third kappa shape index (κ3) is 4.63. The number of hydrogen-bond donors (Lipinski definition) is 0. The molecule has 0 aliphatic carbocycles. The summed E-state index contributed by atoms with van der Waals surface area (Å²) < 4.78 is 1.22. The third-order valence-electron chi connectivity index (χ3n) is 4.67. The first-order valence-corrected chi connectivity index (χ1v) is 9.66. The zero-order valence-electron chi connectivity index (χ0n) is 17.3. The molecule has 3 rings (SSSR count). The zero-order valence-corrected chi connectivity index (χ0v) is 17.3. The molecule has 7 heteroatoms. The van der Waals surface area contributed by atoms with Crippen LogP contribution in [0, 0.1) is 0 Å². The molecule has 0 bridgehead atoms. The lowest BCUT2D eigenvalue weighted by Gasteiger charge is -2.21. The van der Waals surface area contributed by atoms with Crippen LogP contribution in [0.4, 0.5) is 0 Å². The predicted molar refractivity (Wildman–Crippen MR) is 115 cm³/mol. The van der Waals surface area contributed by atoms with Crippen LogP contribution in [0.15, 0.2) is 71.5 Å². The fourth-order valence-electron chi connectivity index (χ4n) is 3.00. The summed E-state index contributed by atoms with van der Waals surface area (Å²) in [6.45, 7) is 2.73. The van der Waals surface area contributed by atoms with Gasteiger partial charge in [0.05, 0.1) is 5.69 Å². The van der Waals surface area contributed by atoms with Crippen LogP contribution in [0.25, 0.3) is 5.69 Å². The average Bonchev–Trinajstić information content (AvgIpc) is 2.77. The maximum Gasteiger partial charge on any atom is 0.274 e. The normalized spacial score (nSPS) is 10.5. The number of carbonyl (C=O) groups excluding carboxylic acids is 2. The van der Waals surface area contributed by atoms with Gasteiger partial charge in [-0.15, -0.1) is 0 Å². The minimum atomic E-state index is -0.304. The second-order valence-electron chi connectivity index (χ2n) is 7.02. The summed E-state index contributed by atoms with van der Waals surface area (Å²) in [6.07, 6.45) is 0. The van der Waals surface area contributed by atoms with Crippen LogP contribution in [0.5, 0.6) is 0 Å². The highest BCUT2D eigenvalue weighted by atomic mass is 16.2. The molecule has 2 aromatic carbocycles. The largest absolute Gasteiger partial charge is 0.345 e. The fourth-order valence-corrected chi connectivity index (χ4v) is 3.00. The highest BCUT2D eigenvalue weighted by Crippen LogP contribution is 2.12. The van der Waals surface area contributed by atoms with Crippen LogP contribution < -0.4 is 5.56 Å². The van der Waals surface area contributed by atoms with Gasteiger partial charge >= 0.3 is 0 Å². The molecule has 0 N–H and O–H groups in total. The van der Waals surface area contributed by atoms with Crippen LogP contribution >= 0.6 is 0 Å². The average molecular weight is 404 g/mol. The maximum atomic E-state index is 13.0. The summed E-state index contributed by atoms with van der Waals surface area (Å²) >= 11 is 0. The second-order valence-corrected chi connectivity index (χ2v) is 7.02. The summed E-state index contributed by atoms with van der Waals surface area (Å²) in [5, 5.41) is 4.27. The Labute approximate surface area is 175 Å². The van der Waals surface area contributed by atoms with Crippen molar-refractivity contribution in [3.8, 4) is 5.69 Å². The first-order chi connectivity index (χ1) is 14.4. The molecule has 2 amide bonds. The number of amides is 2. The van der Waals surface area contributed by atoms with Gasteiger partial charge in [-0.25, -0.2) is 0 Å². The minimum absolute atomic E-state index is 0.0719. The lowest BCUT2D eigenvalue weighted by atomic mass is 10.1. The molecular weight excluding hydrogens is 380 g/mol. The van der Waals surface area contributed by atoms with Crippen molar-refractivity contribution >= 4 is 11.8 Å². The number of rotatable bonds is 6. The topological polar surface area (TPSA) is 75.5 Å². The van der Waals surface area contributed by atoms with Gasteiger partial charge in [0.2, 0.25) is 0 Å². The van der Waals surface area contributed by atoms with E-state index in [0.29, 0.717) is 24.3 Å². The Morgan fingerprint density at radius 2 is 1.57 bits per heavy atom. The van der Waals surface area contributed by atoms with E-state index in [2.05, 4.69) is 5.10 Å². The summed E-state index contributed by atoms with van der Waals surface area (Å²) in [4.78, 5) is 40.4. The van der Waals surface area contributed by atoms with E-state index >= 15 is 0 Å². The molecule has 0 fully saturated rings. The van der Waals surface area contributed by atoms with E-state index in [9.17, 15) is 14.4 Å². The first-order valence-electron chi connectivity index (χ1n) is 9.66. The van der Waals surface area contributed by atoms with E-state index in [1.807, 2.05) is 25.1 Å². The number of nitrogens with zero attached hydrogens (tertiary/aromatic N) is 4. The minimum Gasteiger partial charge on any atom is -0.345 e. The van der Waals surface area contributed by atoms with Crippen LogP contribution in [0.1, 0.15) is 33.3 Å². The second kappa shape index (κ2) is 9.17. The Morgan fingerprint density at radius 3 is 2.17 bits per heavy atom. The van der Waals surface area contributed by atoms with E-state index < -0.39 is 0 Å². The molecule has 0 unspecified atom stereocenters. The number of hydrogen-bond acceptors (Lipinski definition) is 4. The van der Waals surface area contributed by atoms with Crippen molar-refractivity contribution in [1.29, 1.82) is 0 Å². The van der Waals surface area contributed by atoms with Gasteiger partial charge in [0.1, 0.15) is 5.69 Å². The molecule has 3 aromatic rings. The van der Waals surface area contributed by atoms with Crippen molar-refractivity contribution in [3.63, 3.8) is 0 Å². The quantitative estimate of drug-likeness (QED) is 0.633. The Morgan fingerprint density at radius 1 is 0.900 bits per heavy atom. The molecule has 0 aliphatic rings. The number of aromatic nitrogens is 2. The lowest BCUT2D eigenvalue weighted by molar-refractivity contribution is 0.0743. The lowest BCUT2D eigenvalue weighted by Crippen LogP contribution is -2.33. The SMILES string of the molecule is CCN(Cc1ccc(C(=O)N(C)C)cc1)C(=O)c1ccc(=O)n(-c2ccccc2)n1. The van der Waals surface area contributed by atoms with E-state index in [1.165, 1.54) is 21.7 Å². The van der Waals surface area contributed by atoms with Crippen molar-refractivity contribution < 1.29 is 9.59 Å². The number of para-hydroxylation sites is 1. The Kier molecular flexibility index (Phi) is 6.41. The summed E-state index contributed by atoms with van der Waals surface area (Å²) in [7, 11) is 3.41. The Bertz CT molecular complexity index is 1090. The van der Waals surface area contributed by atoms with Crippen LogP contribution in [0.2, 0.25) is 0 Å². The maximum absolute atomic E-state index is 13.0. The molecule has 0 spiro atoms. The van der Waals surface area contributed by atoms with Crippen molar-refractivity contribution in [2.24, 2.45) is 0 Å². The molecule has 7 nitrogen and oxygen atoms in total. The highest BCUT2D eigenvalue weighted by molar-refractivity contribution is 5.94. The van der Waals surface area contributed by atoms with Crippen molar-refractivity contribution in [1.82, 2.24) is 19.6 Å². The first kappa shape index (κ1) is 21.0. The van der Waals surface area contributed by atoms with Crippen LogP contribution in [0.3, 0.4) is 0 Å². The van der Waals surface area contributed by atoms with E-state index in [1.54, 1.807) is 55.4 Å². The van der Waals surface area contributed by atoms with Crippen LogP contribution in [-0.4, -0.2) is 52.0 Å². The Balaban J connectivity index is 1.81. The number of carbonyl (C=O) groups is 2. The van der Waals surface area contributed by atoms with E-state index in [0.717, 1.165) is 5.56 Å². The third-order valence-corrected chi connectivity index (χ3v) is 4.67. The van der Waals surface area contributed by atoms with Gasteiger partial charge in [-0.05, 0) is 42.8 Å².